The number of hydrogen-bond donors (Lipinski definition) is 3. The molecule has 2 saturated heterocycles. The molecule has 0 amide bonds. The number of rotatable bonds is 2. The number of benzene rings is 1. The smallest absolute Gasteiger partial charge is 0.0518 e. The third-order valence-corrected chi connectivity index (χ3v) is 4.03. The molecule has 0 aliphatic carbocycles. The third kappa shape index (κ3) is 1.53. The van der Waals surface area contributed by atoms with Gasteiger partial charge in [-0.1, -0.05) is 12.6 Å². The first-order valence-corrected chi connectivity index (χ1v) is 6.31. The second-order valence-corrected chi connectivity index (χ2v) is 5.01. The van der Waals surface area contributed by atoms with Crippen molar-refractivity contribution in [1.82, 2.24) is 5.32 Å². The second-order valence-electron chi connectivity index (χ2n) is 5.01. The molecule has 0 saturated carbocycles. The standard InChI is InChI=1S/C14H18N4/c1-9-14-10(5-6-17-14)8-18(9)13-4-2-3-12(16)11(13)7-15/h2-4,7,10,14-15,17H,1,5-6,8,16H2. The van der Waals surface area contributed by atoms with Gasteiger partial charge in [0.25, 0.3) is 0 Å². The zero-order valence-electron chi connectivity index (χ0n) is 10.3. The predicted molar refractivity (Wildman–Crippen MR) is 75.1 cm³/mol. The molecule has 2 aliphatic rings. The first-order chi connectivity index (χ1) is 8.72. The molecule has 4 N–H and O–H groups in total. The van der Waals surface area contributed by atoms with Gasteiger partial charge in [-0.15, -0.1) is 0 Å². The van der Waals surface area contributed by atoms with E-state index in [4.69, 9.17) is 11.1 Å². The van der Waals surface area contributed by atoms with Crippen molar-refractivity contribution >= 4 is 17.6 Å². The lowest BCUT2D eigenvalue weighted by Crippen LogP contribution is -2.27. The van der Waals surface area contributed by atoms with Crippen molar-refractivity contribution in [3.63, 3.8) is 0 Å². The van der Waals surface area contributed by atoms with Crippen molar-refractivity contribution in [3.05, 3.63) is 36.0 Å². The number of nitrogens with two attached hydrogens (primary N) is 1. The highest BCUT2D eigenvalue weighted by Crippen LogP contribution is 2.37. The molecule has 0 bridgehead atoms. The molecule has 3 rings (SSSR count). The zero-order chi connectivity index (χ0) is 12.7. The van der Waals surface area contributed by atoms with Gasteiger partial charge in [0.2, 0.25) is 0 Å². The maximum Gasteiger partial charge on any atom is 0.0518 e. The first kappa shape index (κ1) is 11.3. The van der Waals surface area contributed by atoms with Crippen molar-refractivity contribution in [3.8, 4) is 0 Å². The molecule has 18 heavy (non-hydrogen) atoms. The number of hydrogen-bond acceptors (Lipinski definition) is 4. The van der Waals surface area contributed by atoms with E-state index in [9.17, 15) is 0 Å². The van der Waals surface area contributed by atoms with Crippen LogP contribution in [0.2, 0.25) is 0 Å². The van der Waals surface area contributed by atoms with Gasteiger partial charge < -0.3 is 21.4 Å². The third-order valence-electron chi connectivity index (χ3n) is 4.03. The van der Waals surface area contributed by atoms with E-state index in [1.807, 2.05) is 18.2 Å². The summed E-state index contributed by atoms with van der Waals surface area (Å²) in [4.78, 5) is 2.21. The fourth-order valence-corrected chi connectivity index (χ4v) is 3.08. The highest BCUT2D eigenvalue weighted by atomic mass is 15.2. The Morgan fingerprint density at radius 1 is 1.50 bits per heavy atom. The maximum absolute atomic E-state index is 7.54. The average molecular weight is 242 g/mol. The molecule has 0 radical (unpaired) electrons. The summed E-state index contributed by atoms with van der Waals surface area (Å²) in [6.45, 7) is 6.26. The molecule has 94 valence electrons. The quantitative estimate of drug-likeness (QED) is 0.545. The average Bonchev–Trinajstić information content (AvgIpc) is 2.92. The van der Waals surface area contributed by atoms with E-state index < -0.39 is 0 Å². The van der Waals surface area contributed by atoms with Crippen molar-refractivity contribution in [1.29, 1.82) is 5.41 Å². The minimum Gasteiger partial charge on any atom is -0.398 e. The van der Waals surface area contributed by atoms with Gasteiger partial charge in [-0.05, 0) is 31.0 Å². The Balaban J connectivity index is 1.99. The van der Waals surface area contributed by atoms with Crippen LogP contribution in [0.15, 0.2) is 30.5 Å². The van der Waals surface area contributed by atoms with Crippen LogP contribution in [0, 0.1) is 11.3 Å². The van der Waals surface area contributed by atoms with Gasteiger partial charge in [-0.25, -0.2) is 0 Å². The lowest BCUT2D eigenvalue weighted by Gasteiger charge is -2.24. The predicted octanol–water partition coefficient (Wildman–Crippen LogP) is 1.58. The van der Waals surface area contributed by atoms with E-state index in [0.29, 0.717) is 17.6 Å². The first-order valence-electron chi connectivity index (χ1n) is 6.31. The minimum absolute atomic E-state index is 0.394. The topological polar surface area (TPSA) is 65.1 Å². The Morgan fingerprint density at radius 2 is 2.33 bits per heavy atom. The van der Waals surface area contributed by atoms with Crippen LogP contribution in [0.1, 0.15) is 12.0 Å². The van der Waals surface area contributed by atoms with Crippen LogP contribution < -0.4 is 16.0 Å². The molecule has 2 atom stereocenters. The Hall–Kier alpha value is -1.81. The summed E-state index contributed by atoms with van der Waals surface area (Å²) in [7, 11) is 0. The molecule has 2 heterocycles. The monoisotopic (exact) mass is 242 g/mol. The minimum atomic E-state index is 0.394. The lowest BCUT2D eigenvalue weighted by molar-refractivity contribution is 0.576. The highest BCUT2D eigenvalue weighted by molar-refractivity contribution is 5.93. The van der Waals surface area contributed by atoms with Crippen LogP contribution in [-0.2, 0) is 0 Å². The van der Waals surface area contributed by atoms with E-state index in [-0.39, 0.29) is 0 Å². The maximum atomic E-state index is 7.54. The number of nitrogens with one attached hydrogen (secondary N) is 2. The van der Waals surface area contributed by atoms with Crippen LogP contribution in [0.25, 0.3) is 0 Å². The highest BCUT2D eigenvalue weighted by Gasteiger charge is 2.39. The fourth-order valence-electron chi connectivity index (χ4n) is 3.08. The van der Waals surface area contributed by atoms with E-state index >= 15 is 0 Å². The van der Waals surface area contributed by atoms with Crippen LogP contribution in [0.4, 0.5) is 11.4 Å². The summed E-state index contributed by atoms with van der Waals surface area (Å²) in [6, 6.07) is 6.18. The number of nitrogens with zero attached hydrogens (tertiary/aromatic N) is 1. The van der Waals surface area contributed by atoms with Crippen molar-refractivity contribution < 1.29 is 0 Å². The molecular weight excluding hydrogens is 224 g/mol. The fraction of sp³-hybridized carbons (Fsp3) is 0.357. The molecule has 1 aromatic rings. The summed E-state index contributed by atoms with van der Waals surface area (Å²) in [6.07, 6.45) is 2.53. The van der Waals surface area contributed by atoms with E-state index in [1.165, 1.54) is 12.6 Å². The van der Waals surface area contributed by atoms with E-state index in [2.05, 4.69) is 16.8 Å². The molecule has 0 aromatic heterocycles. The summed E-state index contributed by atoms with van der Waals surface area (Å²) >= 11 is 0. The van der Waals surface area contributed by atoms with Gasteiger partial charge in [0, 0.05) is 29.7 Å². The van der Waals surface area contributed by atoms with E-state index in [1.54, 1.807) is 0 Å². The summed E-state index contributed by atoms with van der Waals surface area (Å²) < 4.78 is 0. The molecule has 2 aliphatic heterocycles. The molecular formula is C14H18N4. The Morgan fingerprint density at radius 3 is 3.06 bits per heavy atom. The Kier molecular flexibility index (Phi) is 2.59. The molecule has 2 unspecified atom stereocenters. The van der Waals surface area contributed by atoms with Crippen LogP contribution in [0.5, 0.6) is 0 Å². The van der Waals surface area contributed by atoms with Crippen LogP contribution in [0.3, 0.4) is 0 Å². The van der Waals surface area contributed by atoms with Gasteiger partial charge in [-0.2, -0.15) is 0 Å². The molecule has 4 nitrogen and oxygen atoms in total. The number of nitrogen functional groups attached to an aromatic ring is 1. The van der Waals surface area contributed by atoms with Crippen LogP contribution >= 0.6 is 0 Å². The molecule has 2 fully saturated rings. The van der Waals surface area contributed by atoms with Crippen molar-refractivity contribution in [2.24, 2.45) is 5.92 Å². The SMILES string of the molecule is C=C1C2NCCC2CN1c1cccc(N)c1C=N. The largest absolute Gasteiger partial charge is 0.398 e. The van der Waals surface area contributed by atoms with Gasteiger partial charge in [0.1, 0.15) is 0 Å². The Bertz CT molecular complexity index is 509. The van der Waals surface area contributed by atoms with E-state index in [0.717, 1.165) is 30.0 Å². The van der Waals surface area contributed by atoms with Gasteiger partial charge in [-0.3, -0.25) is 0 Å². The lowest BCUT2D eigenvalue weighted by atomic mass is 10.0. The van der Waals surface area contributed by atoms with Crippen molar-refractivity contribution in [2.75, 3.05) is 23.7 Å². The molecule has 0 spiro atoms. The summed E-state index contributed by atoms with van der Waals surface area (Å²) in [5.74, 6) is 0.637. The Labute approximate surface area is 107 Å². The molecule has 4 heteroatoms. The number of fused-ring (bicyclic) bond motifs is 1. The summed E-state index contributed by atoms with van der Waals surface area (Å²) in [5.41, 5.74) is 9.49. The van der Waals surface area contributed by atoms with Gasteiger partial charge in [0.05, 0.1) is 11.7 Å². The van der Waals surface area contributed by atoms with Crippen LogP contribution in [-0.4, -0.2) is 25.3 Å². The normalized spacial score (nSPS) is 26.4. The number of anilines is 2. The summed E-state index contributed by atoms with van der Waals surface area (Å²) in [5, 5.41) is 11.0. The van der Waals surface area contributed by atoms with Crippen molar-refractivity contribution in [2.45, 2.75) is 12.5 Å². The molecule has 1 aromatic carbocycles. The van der Waals surface area contributed by atoms with Gasteiger partial charge in [0.15, 0.2) is 0 Å². The van der Waals surface area contributed by atoms with Gasteiger partial charge >= 0.3 is 0 Å². The zero-order valence-corrected chi connectivity index (χ0v) is 10.3. The second kappa shape index (κ2) is 4.14.